The maximum Gasteiger partial charge on any atom is 0.252 e. The zero-order valence-electron chi connectivity index (χ0n) is 12.3. The van der Waals surface area contributed by atoms with E-state index in [1.807, 2.05) is 48.5 Å². The normalized spacial score (nSPS) is 10.2. The third kappa shape index (κ3) is 4.02. The van der Waals surface area contributed by atoms with Crippen LogP contribution in [0.5, 0.6) is 5.75 Å². The molecule has 0 heterocycles. The Morgan fingerprint density at radius 1 is 1.14 bits per heavy atom. The minimum Gasteiger partial charge on any atom is -0.496 e. The van der Waals surface area contributed by atoms with Gasteiger partial charge in [0.15, 0.2) is 0 Å². The van der Waals surface area contributed by atoms with Gasteiger partial charge in [-0.1, -0.05) is 37.3 Å². The topological polar surface area (TPSA) is 38.3 Å². The number of nitrogens with one attached hydrogen (secondary N) is 1. The number of hydrogen-bond acceptors (Lipinski definition) is 3. The average molecular weight is 301 g/mol. The Hall–Kier alpha value is -1.94. The van der Waals surface area contributed by atoms with Crippen LogP contribution in [-0.4, -0.2) is 18.8 Å². The molecule has 2 aromatic carbocycles. The first-order chi connectivity index (χ1) is 10.3. The van der Waals surface area contributed by atoms with Crippen LogP contribution >= 0.6 is 11.8 Å². The number of methoxy groups -OCH3 is 1. The predicted molar refractivity (Wildman–Crippen MR) is 87.0 cm³/mol. The van der Waals surface area contributed by atoms with E-state index in [-0.39, 0.29) is 5.91 Å². The summed E-state index contributed by atoms with van der Waals surface area (Å²) in [6, 6.07) is 15.4. The summed E-state index contributed by atoms with van der Waals surface area (Å²) in [5.74, 6) is 1.67. The fraction of sp³-hybridized carbons (Fsp3) is 0.235. The Labute approximate surface area is 129 Å². The molecule has 3 nitrogen and oxygen atoms in total. The van der Waals surface area contributed by atoms with E-state index in [1.54, 1.807) is 18.9 Å². The highest BCUT2D eigenvalue weighted by Gasteiger charge is 2.11. The number of rotatable bonds is 6. The van der Waals surface area contributed by atoms with E-state index in [1.165, 1.54) is 0 Å². The van der Waals surface area contributed by atoms with Gasteiger partial charge in [0.05, 0.1) is 12.7 Å². The number of amides is 1. The Bertz CT molecular complexity index is 613. The first kappa shape index (κ1) is 15.4. The summed E-state index contributed by atoms with van der Waals surface area (Å²) in [6.45, 7) is 2.53. The second kappa shape index (κ2) is 7.74. The summed E-state index contributed by atoms with van der Waals surface area (Å²) in [6.07, 6.45) is 0. The van der Waals surface area contributed by atoms with Crippen LogP contribution in [0.4, 0.5) is 0 Å². The van der Waals surface area contributed by atoms with Crippen LogP contribution in [0.1, 0.15) is 22.8 Å². The van der Waals surface area contributed by atoms with Gasteiger partial charge in [0, 0.05) is 17.0 Å². The Morgan fingerprint density at radius 3 is 2.62 bits per heavy atom. The number of benzene rings is 2. The van der Waals surface area contributed by atoms with Gasteiger partial charge in [-0.05, 0) is 24.0 Å². The van der Waals surface area contributed by atoms with Gasteiger partial charge in [-0.3, -0.25) is 4.79 Å². The van der Waals surface area contributed by atoms with Crippen LogP contribution in [0.15, 0.2) is 53.4 Å². The van der Waals surface area contributed by atoms with Gasteiger partial charge in [0.2, 0.25) is 0 Å². The van der Waals surface area contributed by atoms with Gasteiger partial charge in [0.1, 0.15) is 5.75 Å². The molecule has 110 valence electrons. The quantitative estimate of drug-likeness (QED) is 0.826. The van der Waals surface area contributed by atoms with E-state index in [0.29, 0.717) is 6.54 Å². The standard InChI is InChI=1S/C17H19NO2S/c1-3-21-16-11-7-5-9-14(16)17(19)18-12-13-8-4-6-10-15(13)20-2/h4-11H,3,12H2,1-2H3,(H,18,19). The molecule has 0 fully saturated rings. The van der Waals surface area contributed by atoms with Crippen molar-refractivity contribution >= 4 is 17.7 Å². The maximum absolute atomic E-state index is 12.3. The average Bonchev–Trinajstić information content (AvgIpc) is 2.53. The SMILES string of the molecule is CCSc1ccccc1C(=O)NCc1ccccc1OC. The molecule has 21 heavy (non-hydrogen) atoms. The van der Waals surface area contributed by atoms with E-state index in [9.17, 15) is 4.79 Å². The molecule has 0 bridgehead atoms. The molecule has 0 unspecified atom stereocenters. The third-order valence-corrected chi connectivity index (χ3v) is 4.02. The number of ether oxygens (including phenoxy) is 1. The number of hydrogen-bond donors (Lipinski definition) is 1. The second-order valence-electron chi connectivity index (χ2n) is 4.42. The Kier molecular flexibility index (Phi) is 5.69. The maximum atomic E-state index is 12.3. The van der Waals surface area contributed by atoms with Crippen molar-refractivity contribution in [2.75, 3.05) is 12.9 Å². The molecule has 0 atom stereocenters. The fourth-order valence-corrected chi connectivity index (χ4v) is 2.86. The lowest BCUT2D eigenvalue weighted by Gasteiger charge is -2.11. The summed E-state index contributed by atoms with van der Waals surface area (Å²) in [5, 5.41) is 2.96. The van der Waals surface area contributed by atoms with Crippen LogP contribution < -0.4 is 10.1 Å². The van der Waals surface area contributed by atoms with E-state index in [2.05, 4.69) is 12.2 Å². The first-order valence-corrected chi connectivity index (χ1v) is 7.86. The van der Waals surface area contributed by atoms with Gasteiger partial charge in [0.25, 0.3) is 5.91 Å². The zero-order valence-corrected chi connectivity index (χ0v) is 13.1. The zero-order chi connectivity index (χ0) is 15.1. The van der Waals surface area contributed by atoms with E-state index in [4.69, 9.17) is 4.74 Å². The Morgan fingerprint density at radius 2 is 1.86 bits per heavy atom. The second-order valence-corrected chi connectivity index (χ2v) is 5.73. The summed E-state index contributed by atoms with van der Waals surface area (Å²) >= 11 is 1.67. The van der Waals surface area contributed by atoms with Gasteiger partial charge in [-0.2, -0.15) is 0 Å². The smallest absolute Gasteiger partial charge is 0.252 e. The summed E-state index contributed by atoms with van der Waals surface area (Å²) in [7, 11) is 1.63. The highest BCUT2D eigenvalue weighted by Crippen LogP contribution is 2.22. The molecule has 0 saturated carbocycles. The summed E-state index contributed by atoms with van der Waals surface area (Å²) in [5.41, 5.74) is 1.69. The van der Waals surface area contributed by atoms with Crippen molar-refractivity contribution in [1.82, 2.24) is 5.32 Å². The molecule has 1 amide bonds. The fourth-order valence-electron chi connectivity index (χ4n) is 2.06. The molecule has 4 heteroatoms. The van der Waals surface area contributed by atoms with Crippen molar-refractivity contribution in [2.24, 2.45) is 0 Å². The van der Waals surface area contributed by atoms with Gasteiger partial charge in [-0.15, -0.1) is 11.8 Å². The monoisotopic (exact) mass is 301 g/mol. The van der Waals surface area contributed by atoms with Crippen molar-refractivity contribution in [3.63, 3.8) is 0 Å². The largest absolute Gasteiger partial charge is 0.496 e. The van der Waals surface area contributed by atoms with Crippen LogP contribution in [0.25, 0.3) is 0 Å². The van der Waals surface area contributed by atoms with E-state index < -0.39 is 0 Å². The van der Waals surface area contributed by atoms with E-state index in [0.717, 1.165) is 27.5 Å². The number of carbonyl (C=O) groups is 1. The van der Waals surface area contributed by atoms with Crippen LogP contribution in [0.3, 0.4) is 0 Å². The van der Waals surface area contributed by atoms with Crippen LogP contribution in [-0.2, 0) is 6.54 Å². The highest BCUT2D eigenvalue weighted by atomic mass is 32.2. The number of thioether (sulfide) groups is 1. The highest BCUT2D eigenvalue weighted by molar-refractivity contribution is 7.99. The van der Waals surface area contributed by atoms with Gasteiger partial charge in [-0.25, -0.2) is 0 Å². The number of para-hydroxylation sites is 1. The lowest BCUT2D eigenvalue weighted by atomic mass is 10.1. The van der Waals surface area contributed by atoms with Gasteiger partial charge >= 0.3 is 0 Å². The Balaban J connectivity index is 2.08. The van der Waals surface area contributed by atoms with Crippen molar-refractivity contribution in [1.29, 1.82) is 0 Å². The lowest BCUT2D eigenvalue weighted by Crippen LogP contribution is -2.23. The molecule has 0 aromatic heterocycles. The van der Waals surface area contributed by atoms with Crippen LogP contribution in [0, 0.1) is 0 Å². The molecule has 0 spiro atoms. The molecule has 2 rings (SSSR count). The minimum atomic E-state index is -0.0579. The first-order valence-electron chi connectivity index (χ1n) is 6.88. The molecular weight excluding hydrogens is 282 g/mol. The van der Waals surface area contributed by atoms with Crippen molar-refractivity contribution in [3.8, 4) is 5.75 Å². The van der Waals surface area contributed by atoms with E-state index >= 15 is 0 Å². The van der Waals surface area contributed by atoms with Crippen LogP contribution in [0.2, 0.25) is 0 Å². The van der Waals surface area contributed by atoms with Crippen molar-refractivity contribution in [2.45, 2.75) is 18.4 Å². The molecule has 0 saturated heterocycles. The lowest BCUT2D eigenvalue weighted by molar-refractivity contribution is 0.0948. The third-order valence-electron chi connectivity index (χ3n) is 3.06. The molecule has 0 radical (unpaired) electrons. The molecule has 1 N–H and O–H groups in total. The minimum absolute atomic E-state index is 0.0579. The predicted octanol–water partition coefficient (Wildman–Crippen LogP) is 3.74. The molecule has 2 aromatic rings. The molecular formula is C17H19NO2S. The van der Waals surface area contributed by atoms with Crippen molar-refractivity contribution in [3.05, 3.63) is 59.7 Å². The number of carbonyl (C=O) groups excluding carboxylic acids is 1. The summed E-state index contributed by atoms with van der Waals surface area (Å²) in [4.78, 5) is 13.4. The molecule has 0 aliphatic carbocycles. The van der Waals surface area contributed by atoms with Crippen molar-refractivity contribution < 1.29 is 9.53 Å². The summed E-state index contributed by atoms with van der Waals surface area (Å²) < 4.78 is 5.29. The molecule has 0 aliphatic rings. The molecule has 0 aliphatic heterocycles. The van der Waals surface area contributed by atoms with Gasteiger partial charge < -0.3 is 10.1 Å².